The molecule has 0 bridgehead atoms. The summed E-state index contributed by atoms with van der Waals surface area (Å²) in [7, 11) is 0. The van der Waals surface area contributed by atoms with Gasteiger partial charge in [0.15, 0.2) is 0 Å². The lowest BCUT2D eigenvalue weighted by Crippen LogP contribution is -2.17. The predicted octanol–water partition coefficient (Wildman–Crippen LogP) is 1.87. The molecule has 0 saturated heterocycles. The molecule has 76 valence electrons. The average Bonchev–Trinajstić information content (AvgIpc) is 2.84. The van der Waals surface area contributed by atoms with Gasteiger partial charge in [-0.2, -0.15) is 4.98 Å². The third-order valence-corrected chi connectivity index (χ3v) is 2.42. The highest BCUT2D eigenvalue weighted by molar-refractivity contribution is 5.43. The fourth-order valence-corrected chi connectivity index (χ4v) is 1.29. The Morgan fingerprint density at radius 2 is 2.29 bits per heavy atom. The number of aromatic nitrogens is 2. The summed E-state index contributed by atoms with van der Waals surface area (Å²) in [4.78, 5) is 8.47. The first kappa shape index (κ1) is 9.24. The van der Waals surface area contributed by atoms with Gasteiger partial charge in [0.25, 0.3) is 0 Å². The minimum Gasteiger partial charge on any atom is -0.365 e. The predicted molar refractivity (Wildman–Crippen MR) is 57.5 cm³/mol. The second-order valence-electron chi connectivity index (χ2n) is 3.98. The molecule has 1 aliphatic carbocycles. The number of nitrogens with one attached hydrogen (secondary N) is 2. The largest absolute Gasteiger partial charge is 0.365 e. The van der Waals surface area contributed by atoms with Crippen molar-refractivity contribution in [2.45, 2.75) is 32.2 Å². The van der Waals surface area contributed by atoms with Crippen LogP contribution in [-0.2, 0) is 0 Å². The molecule has 0 unspecified atom stereocenters. The number of nitrogens with zero attached hydrogens (tertiary/aromatic N) is 2. The molecule has 0 amide bonds. The van der Waals surface area contributed by atoms with Crippen LogP contribution in [0, 0.1) is 0 Å². The van der Waals surface area contributed by atoms with Crippen molar-refractivity contribution in [3.8, 4) is 0 Å². The van der Waals surface area contributed by atoms with Gasteiger partial charge in [-0.3, -0.25) is 0 Å². The lowest BCUT2D eigenvalue weighted by Gasteiger charge is -2.12. The maximum Gasteiger partial charge on any atom is 0.224 e. The van der Waals surface area contributed by atoms with Crippen LogP contribution in [0.1, 0.15) is 26.7 Å². The van der Waals surface area contributed by atoms with E-state index in [1.807, 2.05) is 13.0 Å². The van der Waals surface area contributed by atoms with E-state index in [2.05, 4.69) is 27.5 Å². The quantitative estimate of drug-likeness (QED) is 0.764. The Kier molecular flexibility index (Phi) is 2.27. The van der Waals surface area contributed by atoms with Gasteiger partial charge in [-0.05, 0) is 32.8 Å². The van der Waals surface area contributed by atoms with Gasteiger partial charge in [0.05, 0.1) is 0 Å². The minimum atomic E-state index is 0.276. The van der Waals surface area contributed by atoms with Crippen LogP contribution in [0.25, 0.3) is 0 Å². The van der Waals surface area contributed by atoms with E-state index in [0.717, 1.165) is 12.4 Å². The third kappa shape index (κ3) is 2.13. The molecule has 1 heterocycles. The zero-order chi connectivity index (χ0) is 10.0. The van der Waals surface area contributed by atoms with Crippen molar-refractivity contribution in [1.29, 1.82) is 0 Å². The van der Waals surface area contributed by atoms with E-state index >= 15 is 0 Å². The van der Waals surface area contributed by atoms with Crippen LogP contribution in [0.4, 0.5) is 11.8 Å². The van der Waals surface area contributed by atoms with Gasteiger partial charge in [0.2, 0.25) is 5.95 Å². The molecule has 2 N–H and O–H groups in total. The highest BCUT2D eigenvalue weighted by Crippen LogP contribution is 2.37. The fraction of sp³-hybridized carbons (Fsp3) is 0.600. The van der Waals surface area contributed by atoms with E-state index in [1.165, 1.54) is 12.8 Å². The lowest BCUT2D eigenvalue weighted by atomic mass is 10.3. The zero-order valence-electron chi connectivity index (χ0n) is 8.67. The highest BCUT2D eigenvalue weighted by atomic mass is 15.2. The molecule has 0 atom stereocenters. The van der Waals surface area contributed by atoms with Crippen molar-refractivity contribution in [1.82, 2.24) is 9.97 Å². The summed E-state index contributed by atoms with van der Waals surface area (Å²) < 4.78 is 0. The van der Waals surface area contributed by atoms with E-state index < -0.39 is 0 Å². The van der Waals surface area contributed by atoms with Crippen LogP contribution in [0.3, 0.4) is 0 Å². The molecule has 1 aliphatic rings. The third-order valence-electron chi connectivity index (χ3n) is 2.42. The van der Waals surface area contributed by atoms with Crippen LogP contribution >= 0.6 is 0 Å². The molecule has 0 aliphatic heterocycles. The molecule has 1 saturated carbocycles. The zero-order valence-corrected chi connectivity index (χ0v) is 8.67. The monoisotopic (exact) mass is 192 g/mol. The Bertz CT molecular complexity index is 320. The Labute approximate surface area is 84.2 Å². The van der Waals surface area contributed by atoms with E-state index in [0.29, 0.717) is 5.95 Å². The second kappa shape index (κ2) is 3.44. The Morgan fingerprint density at radius 1 is 1.50 bits per heavy atom. The summed E-state index contributed by atoms with van der Waals surface area (Å²) in [5.74, 6) is 1.61. The summed E-state index contributed by atoms with van der Waals surface area (Å²) >= 11 is 0. The maximum absolute atomic E-state index is 4.35. The first-order valence-electron chi connectivity index (χ1n) is 5.07. The highest BCUT2D eigenvalue weighted by Gasteiger charge is 2.37. The number of hydrogen-bond donors (Lipinski definition) is 2. The lowest BCUT2D eigenvalue weighted by molar-refractivity contribution is 0.819. The van der Waals surface area contributed by atoms with Crippen LogP contribution in [0.2, 0.25) is 0 Å². The minimum absolute atomic E-state index is 0.276. The molecule has 2 rings (SSSR count). The molecule has 1 fully saturated rings. The smallest absolute Gasteiger partial charge is 0.224 e. The maximum atomic E-state index is 4.35. The van der Waals surface area contributed by atoms with E-state index in [4.69, 9.17) is 0 Å². The van der Waals surface area contributed by atoms with Crippen molar-refractivity contribution in [2.24, 2.45) is 0 Å². The molecule has 0 spiro atoms. The van der Waals surface area contributed by atoms with Crippen LogP contribution in [-0.4, -0.2) is 22.1 Å². The van der Waals surface area contributed by atoms with Crippen molar-refractivity contribution >= 4 is 11.8 Å². The van der Waals surface area contributed by atoms with Crippen molar-refractivity contribution in [3.63, 3.8) is 0 Å². The summed E-state index contributed by atoms with van der Waals surface area (Å²) in [6.45, 7) is 5.09. The van der Waals surface area contributed by atoms with Gasteiger partial charge in [0.1, 0.15) is 5.82 Å². The fourth-order valence-electron chi connectivity index (χ4n) is 1.29. The molecule has 1 aromatic heterocycles. The Hall–Kier alpha value is -1.32. The molecule has 4 heteroatoms. The van der Waals surface area contributed by atoms with E-state index in [1.54, 1.807) is 6.20 Å². The summed E-state index contributed by atoms with van der Waals surface area (Å²) in [5.41, 5.74) is 0.276. The standard InChI is InChI=1S/C10H16N4/c1-3-11-9-12-7-4-8(13-9)14-10(2)5-6-10/h4,7H,3,5-6H2,1-2H3,(H2,11,12,13,14). The van der Waals surface area contributed by atoms with Crippen LogP contribution < -0.4 is 10.6 Å². The molecule has 1 aromatic rings. The van der Waals surface area contributed by atoms with Gasteiger partial charge >= 0.3 is 0 Å². The van der Waals surface area contributed by atoms with Crippen molar-refractivity contribution < 1.29 is 0 Å². The molecular weight excluding hydrogens is 176 g/mol. The first-order chi connectivity index (χ1) is 6.72. The summed E-state index contributed by atoms with van der Waals surface area (Å²) in [6.07, 6.45) is 4.24. The normalized spacial score (nSPS) is 17.6. The average molecular weight is 192 g/mol. The molecule has 0 radical (unpaired) electrons. The van der Waals surface area contributed by atoms with Crippen molar-refractivity contribution in [2.75, 3.05) is 17.2 Å². The topological polar surface area (TPSA) is 49.8 Å². The van der Waals surface area contributed by atoms with Gasteiger partial charge in [-0.1, -0.05) is 0 Å². The number of hydrogen-bond acceptors (Lipinski definition) is 4. The number of anilines is 2. The summed E-state index contributed by atoms with van der Waals surface area (Å²) in [6, 6.07) is 1.91. The SMILES string of the molecule is CCNc1nccc(NC2(C)CC2)n1. The first-order valence-corrected chi connectivity index (χ1v) is 5.07. The van der Waals surface area contributed by atoms with Gasteiger partial charge in [-0.25, -0.2) is 4.98 Å². The molecule has 14 heavy (non-hydrogen) atoms. The van der Waals surface area contributed by atoms with Crippen LogP contribution in [0.15, 0.2) is 12.3 Å². The Balaban J connectivity index is 2.06. The van der Waals surface area contributed by atoms with Gasteiger partial charge < -0.3 is 10.6 Å². The second-order valence-corrected chi connectivity index (χ2v) is 3.98. The van der Waals surface area contributed by atoms with Crippen molar-refractivity contribution in [3.05, 3.63) is 12.3 Å². The molecule has 0 aromatic carbocycles. The van der Waals surface area contributed by atoms with E-state index in [9.17, 15) is 0 Å². The molecule has 4 nitrogen and oxygen atoms in total. The van der Waals surface area contributed by atoms with Crippen LogP contribution in [0.5, 0.6) is 0 Å². The number of rotatable bonds is 4. The summed E-state index contributed by atoms with van der Waals surface area (Å²) in [5, 5.41) is 6.49. The Morgan fingerprint density at radius 3 is 2.93 bits per heavy atom. The molecular formula is C10H16N4. The van der Waals surface area contributed by atoms with Gasteiger partial charge in [-0.15, -0.1) is 0 Å². The van der Waals surface area contributed by atoms with E-state index in [-0.39, 0.29) is 5.54 Å². The van der Waals surface area contributed by atoms with Gasteiger partial charge in [0, 0.05) is 18.3 Å².